The van der Waals surface area contributed by atoms with Crippen LogP contribution < -0.4 is 4.74 Å². The molecule has 2 aromatic carbocycles. The molecule has 0 bridgehead atoms. The van der Waals surface area contributed by atoms with E-state index in [4.69, 9.17) is 14.2 Å². The highest BCUT2D eigenvalue weighted by Crippen LogP contribution is 2.26. The molecule has 1 amide bonds. The van der Waals surface area contributed by atoms with E-state index in [-0.39, 0.29) is 18.1 Å². The molecule has 0 N–H and O–H groups in total. The van der Waals surface area contributed by atoms with Gasteiger partial charge in [0.05, 0.1) is 24.8 Å². The van der Waals surface area contributed by atoms with Crippen LogP contribution in [0.2, 0.25) is 0 Å². The van der Waals surface area contributed by atoms with Gasteiger partial charge in [-0.05, 0) is 30.5 Å². The molecule has 0 aromatic heterocycles. The first-order valence-corrected chi connectivity index (χ1v) is 9.60. The van der Waals surface area contributed by atoms with Crippen LogP contribution in [-0.4, -0.2) is 49.8 Å². The molecule has 0 spiro atoms. The average Bonchev–Trinajstić information content (AvgIpc) is 3.26. The molecule has 2 saturated heterocycles. The third-order valence-electron chi connectivity index (χ3n) is 5.09. The molecule has 5 nitrogen and oxygen atoms in total. The second-order valence-corrected chi connectivity index (χ2v) is 6.96. The Morgan fingerprint density at radius 1 is 1.04 bits per heavy atom. The summed E-state index contributed by atoms with van der Waals surface area (Å²) in [7, 11) is 0. The fourth-order valence-corrected chi connectivity index (χ4v) is 3.60. The highest BCUT2D eigenvalue weighted by atomic mass is 16.5. The van der Waals surface area contributed by atoms with Gasteiger partial charge in [-0.1, -0.05) is 42.5 Å². The van der Waals surface area contributed by atoms with Gasteiger partial charge in [-0.15, -0.1) is 0 Å². The minimum absolute atomic E-state index is 0.0119. The zero-order valence-corrected chi connectivity index (χ0v) is 15.4. The van der Waals surface area contributed by atoms with Gasteiger partial charge < -0.3 is 19.1 Å². The molecular formula is C22H25NO4. The lowest BCUT2D eigenvalue weighted by molar-refractivity contribution is -0.0229. The Balaban J connectivity index is 1.45. The lowest BCUT2D eigenvalue weighted by Gasteiger charge is -2.33. The van der Waals surface area contributed by atoms with Crippen LogP contribution in [0.5, 0.6) is 5.75 Å². The number of carbonyl (C=O) groups is 1. The first-order valence-electron chi connectivity index (χ1n) is 9.60. The summed E-state index contributed by atoms with van der Waals surface area (Å²) < 4.78 is 17.4. The molecule has 2 aliphatic heterocycles. The average molecular weight is 367 g/mol. The van der Waals surface area contributed by atoms with E-state index in [1.54, 1.807) is 0 Å². The molecule has 2 aliphatic rings. The quantitative estimate of drug-likeness (QED) is 0.812. The van der Waals surface area contributed by atoms with Crippen LogP contribution in [0.3, 0.4) is 0 Å². The maximum absolute atomic E-state index is 13.2. The van der Waals surface area contributed by atoms with Crippen molar-refractivity contribution < 1.29 is 19.0 Å². The zero-order valence-electron chi connectivity index (χ0n) is 15.4. The Hall–Kier alpha value is -2.37. The van der Waals surface area contributed by atoms with E-state index in [9.17, 15) is 4.79 Å². The van der Waals surface area contributed by atoms with Crippen molar-refractivity contribution in [1.29, 1.82) is 0 Å². The highest BCUT2D eigenvalue weighted by Gasteiger charge is 2.28. The maximum Gasteiger partial charge on any atom is 0.257 e. The molecule has 2 aromatic rings. The number of para-hydroxylation sites is 1. The van der Waals surface area contributed by atoms with Gasteiger partial charge >= 0.3 is 0 Å². The monoisotopic (exact) mass is 367 g/mol. The molecular weight excluding hydrogens is 342 g/mol. The predicted molar refractivity (Wildman–Crippen MR) is 102 cm³/mol. The SMILES string of the molecule is O=C(c1ccccc1OCC1CCCO1)N1CCOC(c2ccccc2)C1. The highest BCUT2D eigenvalue weighted by molar-refractivity contribution is 5.97. The predicted octanol–water partition coefficient (Wildman–Crippen LogP) is 3.46. The Labute approximate surface area is 159 Å². The molecule has 27 heavy (non-hydrogen) atoms. The molecule has 2 fully saturated rings. The number of rotatable bonds is 5. The van der Waals surface area contributed by atoms with Gasteiger partial charge in [0.2, 0.25) is 0 Å². The number of hydrogen-bond donors (Lipinski definition) is 0. The van der Waals surface area contributed by atoms with Crippen LogP contribution in [-0.2, 0) is 9.47 Å². The van der Waals surface area contributed by atoms with Gasteiger partial charge in [0.25, 0.3) is 5.91 Å². The third-order valence-corrected chi connectivity index (χ3v) is 5.09. The molecule has 2 atom stereocenters. The van der Waals surface area contributed by atoms with E-state index in [1.807, 2.05) is 59.5 Å². The fraction of sp³-hybridized carbons (Fsp3) is 0.409. The summed E-state index contributed by atoms with van der Waals surface area (Å²) in [5, 5.41) is 0. The number of benzene rings is 2. The standard InChI is InChI=1S/C22H25NO4/c24-22(23-12-14-26-21(15-23)17-7-2-1-3-8-17)19-10-4-5-11-20(19)27-16-18-9-6-13-25-18/h1-5,7-8,10-11,18,21H,6,9,12-16H2. The van der Waals surface area contributed by atoms with Crippen molar-refractivity contribution in [1.82, 2.24) is 4.90 Å². The van der Waals surface area contributed by atoms with Crippen LogP contribution in [0.4, 0.5) is 0 Å². The van der Waals surface area contributed by atoms with E-state index in [0.29, 0.717) is 37.6 Å². The Kier molecular flexibility index (Phi) is 5.70. The van der Waals surface area contributed by atoms with Gasteiger partial charge in [0, 0.05) is 13.2 Å². The topological polar surface area (TPSA) is 48.0 Å². The summed E-state index contributed by atoms with van der Waals surface area (Å²) in [4.78, 5) is 15.0. The number of hydrogen-bond acceptors (Lipinski definition) is 4. The van der Waals surface area contributed by atoms with Crippen LogP contribution in [0.15, 0.2) is 54.6 Å². The van der Waals surface area contributed by atoms with Crippen molar-refractivity contribution in [3.05, 3.63) is 65.7 Å². The summed E-state index contributed by atoms with van der Waals surface area (Å²) in [6, 6.07) is 17.5. The van der Waals surface area contributed by atoms with Crippen LogP contribution in [0, 0.1) is 0 Å². The largest absolute Gasteiger partial charge is 0.490 e. The number of carbonyl (C=O) groups excluding carboxylic acids is 1. The smallest absolute Gasteiger partial charge is 0.257 e. The molecule has 2 unspecified atom stereocenters. The Morgan fingerprint density at radius 2 is 1.85 bits per heavy atom. The minimum Gasteiger partial charge on any atom is -0.490 e. The Bertz CT molecular complexity index is 758. The van der Waals surface area contributed by atoms with Crippen LogP contribution in [0.1, 0.15) is 34.9 Å². The third kappa shape index (κ3) is 4.31. The summed E-state index contributed by atoms with van der Waals surface area (Å²) in [6.07, 6.45) is 2.12. The number of nitrogens with zero attached hydrogens (tertiary/aromatic N) is 1. The molecule has 0 saturated carbocycles. The van der Waals surface area contributed by atoms with E-state index in [0.717, 1.165) is 25.0 Å². The second-order valence-electron chi connectivity index (χ2n) is 6.96. The number of morpholine rings is 1. The molecule has 0 aliphatic carbocycles. The van der Waals surface area contributed by atoms with Gasteiger partial charge in [0.15, 0.2) is 0 Å². The normalized spacial score (nSPS) is 22.6. The van der Waals surface area contributed by atoms with Crippen molar-refractivity contribution in [2.45, 2.75) is 25.0 Å². The fourth-order valence-electron chi connectivity index (χ4n) is 3.60. The molecule has 142 valence electrons. The minimum atomic E-state index is -0.0936. The van der Waals surface area contributed by atoms with Crippen molar-refractivity contribution >= 4 is 5.91 Å². The van der Waals surface area contributed by atoms with Gasteiger partial charge in [0.1, 0.15) is 18.5 Å². The van der Waals surface area contributed by atoms with Gasteiger partial charge in [-0.25, -0.2) is 0 Å². The molecule has 0 radical (unpaired) electrons. The van der Waals surface area contributed by atoms with Gasteiger partial charge in [-0.3, -0.25) is 4.79 Å². The Morgan fingerprint density at radius 3 is 2.67 bits per heavy atom. The van der Waals surface area contributed by atoms with E-state index in [2.05, 4.69) is 0 Å². The van der Waals surface area contributed by atoms with Crippen LogP contribution in [0.25, 0.3) is 0 Å². The molecule has 5 heteroatoms. The van der Waals surface area contributed by atoms with Crippen molar-refractivity contribution in [3.8, 4) is 5.75 Å². The van der Waals surface area contributed by atoms with Crippen molar-refractivity contribution in [2.24, 2.45) is 0 Å². The van der Waals surface area contributed by atoms with E-state index < -0.39 is 0 Å². The maximum atomic E-state index is 13.2. The molecule has 4 rings (SSSR count). The summed E-state index contributed by atoms with van der Waals surface area (Å²) in [5.41, 5.74) is 1.70. The van der Waals surface area contributed by atoms with Gasteiger partial charge in [-0.2, -0.15) is 0 Å². The number of amides is 1. The second kappa shape index (κ2) is 8.55. The van der Waals surface area contributed by atoms with E-state index in [1.165, 1.54) is 0 Å². The van der Waals surface area contributed by atoms with Crippen molar-refractivity contribution in [3.63, 3.8) is 0 Å². The first-order chi connectivity index (χ1) is 13.3. The number of ether oxygens (including phenoxy) is 3. The molecule has 2 heterocycles. The summed E-state index contributed by atoms with van der Waals surface area (Å²) >= 11 is 0. The first kappa shape index (κ1) is 18.0. The lowest BCUT2D eigenvalue weighted by atomic mass is 10.1. The zero-order chi connectivity index (χ0) is 18.5. The summed E-state index contributed by atoms with van der Waals surface area (Å²) in [5.74, 6) is 0.614. The van der Waals surface area contributed by atoms with Crippen molar-refractivity contribution in [2.75, 3.05) is 32.9 Å². The summed E-state index contributed by atoms with van der Waals surface area (Å²) in [6.45, 7) is 2.94. The van der Waals surface area contributed by atoms with E-state index >= 15 is 0 Å². The lowest BCUT2D eigenvalue weighted by Crippen LogP contribution is -2.42. The van der Waals surface area contributed by atoms with Crippen LogP contribution >= 0.6 is 0 Å².